The molecule has 3 heterocycles. The van der Waals surface area contributed by atoms with Crippen LogP contribution >= 0.6 is 0 Å². The van der Waals surface area contributed by atoms with E-state index in [1.54, 1.807) is 0 Å². The molecule has 1 atom stereocenters. The van der Waals surface area contributed by atoms with Gasteiger partial charge in [0.2, 0.25) is 5.91 Å². The lowest BCUT2D eigenvalue weighted by atomic mass is 9.94. The number of rotatable bonds is 7. The lowest BCUT2D eigenvalue weighted by Crippen LogP contribution is -2.39. The summed E-state index contributed by atoms with van der Waals surface area (Å²) in [6.07, 6.45) is 11.4. The molecule has 2 aliphatic heterocycles. The Labute approximate surface area is 187 Å². The summed E-state index contributed by atoms with van der Waals surface area (Å²) in [5, 5.41) is 0. The van der Waals surface area contributed by atoms with Crippen LogP contribution in [0.15, 0.2) is 36.7 Å². The average Bonchev–Trinajstić information content (AvgIpc) is 2.92. The second-order valence-electron chi connectivity index (χ2n) is 9.57. The van der Waals surface area contributed by atoms with E-state index in [2.05, 4.69) is 52.9 Å². The molecule has 1 saturated heterocycles. The molecule has 1 unspecified atom stereocenters. The number of fused-ring (bicyclic) bond motifs is 1. The molecule has 2 aromatic rings. The Kier molecular flexibility index (Phi) is 7.39. The number of carbonyl (C=O) groups is 1. The molecule has 4 rings (SSSR count). The molecule has 1 aromatic carbocycles. The van der Waals surface area contributed by atoms with Gasteiger partial charge in [-0.25, -0.2) is 0 Å². The first-order valence-corrected chi connectivity index (χ1v) is 12.1. The minimum absolute atomic E-state index is 0.312. The summed E-state index contributed by atoms with van der Waals surface area (Å²) in [6, 6.07) is 8.78. The molecule has 4 heteroatoms. The number of aryl methyl sites for hydroxylation is 3. The van der Waals surface area contributed by atoms with Crippen LogP contribution in [-0.4, -0.2) is 53.4 Å². The van der Waals surface area contributed by atoms with E-state index in [-0.39, 0.29) is 0 Å². The zero-order chi connectivity index (χ0) is 21.6. The van der Waals surface area contributed by atoms with Crippen molar-refractivity contribution in [3.63, 3.8) is 0 Å². The lowest BCUT2D eigenvalue weighted by molar-refractivity contribution is -0.130. The molecular formula is C27H37N3O. The van der Waals surface area contributed by atoms with Gasteiger partial charge in [-0.1, -0.05) is 12.1 Å². The van der Waals surface area contributed by atoms with Gasteiger partial charge in [-0.05, 0) is 111 Å². The van der Waals surface area contributed by atoms with Crippen molar-refractivity contribution in [3.8, 4) is 0 Å². The molecular weight excluding hydrogens is 382 g/mol. The van der Waals surface area contributed by atoms with E-state index in [0.29, 0.717) is 12.3 Å². The van der Waals surface area contributed by atoms with E-state index in [1.165, 1.54) is 66.7 Å². The van der Waals surface area contributed by atoms with Crippen molar-refractivity contribution < 1.29 is 4.79 Å². The number of hydrogen-bond donors (Lipinski definition) is 0. The van der Waals surface area contributed by atoms with Crippen LogP contribution < -0.4 is 0 Å². The van der Waals surface area contributed by atoms with Gasteiger partial charge in [0.05, 0.1) is 6.42 Å². The number of hydrogen-bond acceptors (Lipinski definition) is 3. The molecule has 1 aromatic heterocycles. The molecule has 166 valence electrons. The van der Waals surface area contributed by atoms with Gasteiger partial charge in [-0.2, -0.15) is 0 Å². The standard InChI is InChI=1S/C27H37N3O/c1-21-17-25-10-16-30(27(31)19-26(25)18-22(21)2)15-9-24-6-4-14-29(20-24)13-3-5-23-7-11-28-12-8-23/h7-8,11-12,17-18,24H,3-6,9-10,13-16,19-20H2,1-2H3. The molecule has 4 nitrogen and oxygen atoms in total. The van der Waals surface area contributed by atoms with Crippen molar-refractivity contribution in [2.45, 2.75) is 58.8 Å². The van der Waals surface area contributed by atoms with E-state index < -0.39 is 0 Å². The van der Waals surface area contributed by atoms with E-state index >= 15 is 0 Å². The maximum Gasteiger partial charge on any atom is 0.227 e. The molecule has 0 spiro atoms. The molecule has 31 heavy (non-hydrogen) atoms. The molecule has 2 aliphatic rings. The number of aromatic nitrogens is 1. The number of likely N-dealkylation sites (tertiary alicyclic amines) is 1. The van der Waals surface area contributed by atoms with Crippen LogP contribution in [0.4, 0.5) is 0 Å². The number of nitrogens with zero attached hydrogens (tertiary/aromatic N) is 3. The Morgan fingerprint density at radius 2 is 1.81 bits per heavy atom. The zero-order valence-electron chi connectivity index (χ0n) is 19.3. The lowest BCUT2D eigenvalue weighted by Gasteiger charge is -2.34. The Morgan fingerprint density at radius 1 is 1.03 bits per heavy atom. The van der Waals surface area contributed by atoms with Gasteiger partial charge in [-0.15, -0.1) is 0 Å². The highest BCUT2D eigenvalue weighted by Crippen LogP contribution is 2.24. The third-order valence-electron chi connectivity index (χ3n) is 7.26. The smallest absolute Gasteiger partial charge is 0.227 e. The van der Waals surface area contributed by atoms with Crippen molar-refractivity contribution in [1.82, 2.24) is 14.8 Å². The molecule has 1 fully saturated rings. The van der Waals surface area contributed by atoms with Crippen LogP contribution in [0.5, 0.6) is 0 Å². The quantitative estimate of drug-likeness (QED) is 0.669. The number of benzene rings is 1. The molecule has 0 radical (unpaired) electrons. The second kappa shape index (κ2) is 10.4. The Bertz CT molecular complexity index is 880. The first-order chi connectivity index (χ1) is 15.1. The third-order valence-corrected chi connectivity index (χ3v) is 7.26. The van der Waals surface area contributed by atoms with Crippen LogP contribution in [0.3, 0.4) is 0 Å². The van der Waals surface area contributed by atoms with E-state index in [1.807, 2.05) is 12.4 Å². The van der Waals surface area contributed by atoms with Gasteiger partial charge in [-0.3, -0.25) is 9.78 Å². The van der Waals surface area contributed by atoms with Gasteiger partial charge < -0.3 is 9.80 Å². The van der Waals surface area contributed by atoms with Crippen molar-refractivity contribution in [2.75, 3.05) is 32.7 Å². The highest BCUT2D eigenvalue weighted by atomic mass is 16.2. The van der Waals surface area contributed by atoms with Crippen LogP contribution in [0.1, 0.15) is 53.5 Å². The summed E-state index contributed by atoms with van der Waals surface area (Å²) in [5.41, 5.74) is 6.64. The normalized spacial score (nSPS) is 19.9. The summed E-state index contributed by atoms with van der Waals surface area (Å²) < 4.78 is 0. The predicted molar refractivity (Wildman–Crippen MR) is 126 cm³/mol. The van der Waals surface area contributed by atoms with E-state index in [4.69, 9.17) is 0 Å². The average molecular weight is 420 g/mol. The number of carbonyl (C=O) groups excluding carboxylic acids is 1. The van der Waals surface area contributed by atoms with E-state index in [9.17, 15) is 4.79 Å². The Hall–Kier alpha value is -2.20. The van der Waals surface area contributed by atoms with Gasteiger partial charge in [0, 0.05) is 32.0 Å². The summed E-state index contributed by atoms with van der Waals surface area (Å²) in [4.78, 5) is 21.8. The fourth-order valence-electron chi connectivity index (χ4n) is 5.21. The molecule has 0 N–H and O–H groups in total. The summed E-state index contributed by atoms with van der Waals surface area (Å²) in [7, 11) is 0. The third kappa shape index (κ3) is 5.94. The van der Waals surface area contributed by atoms with Gasteiger partial charge in [0.25, 0.3) is 0 Å². The number of piperidine rings is 1. The van der Waals surface area contributed by atoms with E-state index in [0.717, 1.165) is 38.3 Å². The molecule has 0 bridgehead atoms. The topological polar surface area (TPSA) is 36.4 Å². The number of amides is 1. The zero-order valence-corrected chi connectivity index (χ0v) is 19.3. The van der Waals surface area contributed by atoms with Crippen molar-refractivity contribution in [2.24, 2.45) is 5.92 Å². The largest absolute Gasteiger partial charge is 0.342 e. The second-order valence-corrected chi connectivity index (χ2v) is 9.57. The van der Waals surface area contributed by atoms with Crippen LogP contribution in [0.2, 0.25) is 0 Å². The number of pyridine rings is 1. The van der Waals surface area contributed by atoms with Gasteiger partial charge in [0.15, 0.2) is 0 Å². The fourth-order valence-corrected chi connectivity index (χ4v) is 5.21. The summed E-state index contributed by atoms with van der Waals surface area (Å²) in [6.45, 7) is 9.70. The Balaban J connectivity index is 1.23. The fraction of sp³-hybridized carbons (Fsp3) is 0.556. The highest BCUT2D eigenvalue weighted by Gasteiger charge is 2.24. The monoisotopic (exact) mass is 419 g/mol. The molecule has 0 saturated carbocycles. The summed E-state index contributed by atoms with van der Waals surface area (Å²) >= 11 is 0. The van der Waals surface area contributed by atoms with Crippen molar-refractivity contribution in [3.05, 3.63) is 64.5 Å². The van der Waals surface area contributed by atoms with Gasteiger partial charge in [0.1, 0.15) is 0 Å². The van der Waals surface area contributed by atoms with Crippen LogP contribution in [-0.2, 0) is 24.1 Å². The first-order valence-electron chi connectivity index (χ1n) is 12.1. The van der Waals surface area contributed by atoms with Crippen molar-refractivity contribution >= 4 is 5.91 Å². The molecule has 0 aliphatic carbocycles. The van der Waals surface area contributed by atoms with Crippen LogP contribution in [0.25, 0.3) is 0 Å². The van der Waals surface area contributed by atoms with Crippen LogP contribution in [0, 0.1) is 19.8 Å². The van der Waals surface area contributed by atoms with Gasteiger partial charge >= 0.3 is 0 Å². The first kappa shape index (κ1) is 22.0. The maximum absolute atomic E-state index is 12.9. The summed E-state index contributed by atoms with van der Waals surface area (Å²) in [5.74, 6) is 1.03. The minimum Gasteiger partial charge on any atom is -0.342 e. The van der Waals surface area contributed by atoms with Crippen molar-refractivity contribution in [1.29, 1.82) is 0 Å². The minimum atomic E-state index is 0.312. The maximum atomic E-state index is 12.9. The predicted octanol–water partition coefficient (Wildman–Crippen LogP) is 4.36. The SMILES string of the molecule is Cc1cc2c(cc1C)CC(=O)N(CCC1CCCN(CCCc3ccncc3)C1)CC2. The Morgan fingerprint density at radius 3 is 2.61 bits per heavy atom. The highest BCUT2D eigenvalue weighted by molar-refractivity contribution is 5.80. The molecule has 1 amide bonds.